The first-order chi connectivity index (χ1) is 12.6. The van der Waals surface area contributed by atoms with Crippen LogP contribution in [-0.2, 0) is 13.1 Å². The molecule has 0 unspecified atom stereocenters. The molecule has 3 aromatic rings. The van der Waals surface area contributed by atoms with Gasteiger partial charge in [-0.05, 0) is 36.6 Å². The maximum atomic E-state index is 12.7. The Morgan fingerprint density at radius 3 is 2.46 bits per heavy atom. The minimum absolute atomic E-state index is 0.306. The topological polar surface area (TPSA) is 72.7 Å². The van der Waals surface area contributed by atoms with Crippen LogP contribution in [0, 0.1) is 0 Å². The fourth-order valence-electron chi connectivity index (χ4n) is 2.89. The van der Waals surface area contributed by atoms with Crippen LogP contribution in [-0.4, -0.2) is 19.1 Å². The summed E-state index contributed by atoms with van der Waals surface area (Å²) in [5, 5.41) is 0.632. The third-order valence-electron chi connectivity index (χ3n) is 4.10. The van der Waals surface area contributed by atoms with E-state index in [-0.39, 0.29) is 11.2 Å². The molecule has 1 N–H and O–H groups in total. The van der Waals surface area contributed by atoms with Crippen molar-refractivity contribution in [2.45, 2.75) is 39.8 Å². The Labute approximate surface area is 155 Å². The zero-order valence-corrected chi connectivity index (χ0v) is 15.6. The van der Waals surface area contributed by atoms with Crippen LogP contribution in [0.1, 0.15) is 38.1 Å². The Hall–Kier alpha value is -2.60. The smallest absolute Gasteiger partial charge is 0.332 e. The van der Waals surface area contributed by atoms with Crippen LogP contribution in [0.4, 0.5) is 0 Å². The molecule has 0 fully saturated rings. The SMILES string of the molecule is CCCn1c(=O)c2[nH]c(/C=C/c3ccccc3Cl)nc2n(CCC)c1=O. The van der Waals surface area contributed by atoms with Gasteiger partial charge in [-0.2, -0.15) is 0 Å². The van der Waals surface area contributed by atoms with Gasteiger partial charge in [0.25, 0.3) is 5.56 Å². The van der Waals surface area contributed by atoms with E-state index in [0.29, 0.717) is 41.5 Å². The highest BCUT2D eigenvalue weighted by Crippen LogP contribution is 2.17. The second-order valence-corrected chi connectivity index (χ2v) is 6.47. The molecule has 6 nitrogen and oxygen atoms in total. The highest BCUT2D eigenvalue weighted by atomic mass is 35.5. The second-order valence-electron chi connectivity index (χ2n) is 6.07. The third kappa shape index (κ3) is 3.37. The molecule has 0 bridgehead atoms. The van der Waals surface area contributed by atoms with Crippen molar-refractivity contribution >= 4 is 34.9 Å². The molecule has 0 atom stereocenters. The standard InChI is InChI=1S/C19H21ClN4O2/c1-3-11-23-17-16(18(25)24(12-4-2)19(23)26)21-15(22-17)10-9-13-7-5-6-8-14(13)20/h5-10H,3-4,11-12H2,1-2H3,(H,21,22)/b10-9+. The van der Waals surface area contributed by atoms with E-state index in [1.165, 1.54) is 4.57 Å². The molecule has 26 heavy (non-hydrogen) atoms. The van der Waals surface area contributed by atoms with Gasteiger partial charge < -0.3 is 4.98 Å². The number of rotatable bonds is 6. The first kappa shape index (κ1) is 18.2. The number of nitrogens with zero attached hydrogens (tertiary/aromatic N) is 3. The van der Waals surface area contributed by atoms with Crippen molar-refractivity contribution in [3.8, 4) is 0 Å². The number of imidazole rings is 1. The molecule has 0 aliphatic heterocycles. The van der Waals surface area contributed by atoms with E-state index in [2.05, 4.69) is 9.97 Å². The molecule has 136 valence electrons. The van der Waals surface area contributed by atoms with Crippen LogP contribution in [0.3, 0.4) is 0 Å². The van der Waals surface area contributed by atoms with Crippen molar-refractivity contribution in [1.29, 1.82) is 0 Å². The molecular weight excluding hydrogens is 352 g/mol. The van der Waals surface area contributed by atoms with Crippen molar-refractivity contribution < 1.29 is 0 Å². The first-order valence-corrected chi connectivity index (χ1v) is 9.10. The van der Waals surface area contributed by atoms with Gasteiger partial charge in [0.2, 0.25) is 0 Å². The van der Waals surface area contributed by atoms with Crippen LogP contribution in [0.15, 0.2) is 33.9 Å². The van der Waals surface area contributed by atoms with Gasteiger partial charge in [0, 0.05) is 18.1 Å². The van der Waals surface area contributed by atoms with Gasteiger partial charge in [0.1, 0.15) is 11.3 Å². The van der Waals surface area contributed by atoms with E-state index in [4.69, 9.17) is 11.6 Å². The number of aromatic amines is 1. The number of hydrogen-bond acceptors (Lipinski definition) is 3. The molecule has 7 heteroatoms. The van der Waals surface area contributed by atoms with E-state index in [9.17, 15) is 9.59 Å². The molecule has 0 radical (unpaired) electrons. The molecule has 0 spiro atoms. The molecule has 2 aromatic heterocycles. The quantitative estimate of drug-likeness (QED) is 0.719. The molecule has 1 aromatic carbocycles. The number of halogens is 1. The van der Waals surface area contributed by atoms with Crippen LogP contribution in [0.5, 0.6) is 0 Å². The molecule has 2 heterocycles. The monoisotopic (exact) mass is 372 g/mol. The summed E-state index contributed by atoms with van der Waals surface area (Å²) in [7, 11) is 0. The summed E-state index contributed by atoms with van der Waals surface area (Å²) >= 11 is 6.16. The molecule has 0 aliphatic rings. The lowest BCUT2D eigenvalue weighted by molar-refractivity contribution is 0.555. The average Bonchev–Trinajstić information content (AvgIpc) is 3.06. The van der Waals surface area contributed by atoms with E-state index in [1.807, 2.05) is 44.2 Å². The van der Waals surface area contributed by atoms with E-state index < -0.39 is 0 Å². The zero-order valence-electron chi connectivity index (χ0n) is 14.8. The fourth-order valence-corrected chi connectivity index (χ4v) is 3.09. The largest absolute Gasteiger partial charge is 0.333 e. The maximum Gasteiger partial charge on any atom is 0.332 e. The van der Waals surface area contributed by atoms with Gasteiger partial charge in [-0.1, -0.05) is 43.6 Å². The number of H-pyrrole nitrogens is 1. The van der Waals surface area contributed by atoms with Gasteiger partial charge in [0.05, 0.1) is 0 Å². The molecule has 3 rings (SSSR count). The van der Waals surface area contributed by atoms with E-state index in [0.717, 1.165) is 12.0 Å². The van der Waals surface area contributed by atoms with Crippen LogP contribution >= 0.6 is 11.6 Å². The Kier molecular flexibility index (Phi) is 5.42. The van der Waals surface area contributed by atoms with Gasteiger partial charge in [-0.15, -0.1) is 0 Å². The Balaban J connectivity index is 2.14. The first-order valence-electron chi connectivity index (χ1n) is 8.72. The lowest BCUT2D eigenvalue weighted by Crippen LogP contribution is -2.40. The summed E-state index contributed by atoms with van der Waals surface area (Å²) in [6.45, 7) is 4.82. The summed E-state index contributed by atoms with van der Waals surface area (Å²) in [4.78, 5) is 32.8. The number of aryl methyl sites for hydroxylation is 1. The molecule has 0 saturated carbocycles. The minimum Gasteiger partial charge on any atom is -0.333 e. The number of hydrogen-bond donors (Lipinski definition) is 1. The molecule has 0 amide bonds. The summed E-state index contributed by atoms with van der Waals surface area (Å²) in [6.07, 6.45) is 5.07. The van der Waals surface area contributed by atoms with Crippen molar-refractivity contribution in [2.75, 3.05) is 0 Å². The van der Waals surface area contributed by atoms with Gasteiger partial charge in [-0.3, -0.25) is 13.9 Å². The maximum absolute atomic E-state index is 12.7. The lowest BCUT2D eigenvalue weighted by atomic mass is 10.2. The van der Waals surface area contributed by atoms with Gasteiger partial charge in [-0.25, -0.2) is 9.78 Å². The summed E-state index contributed by atoms with van der Waals surface area (Å²) in [5.41, 5.74) is 0.964. The average molecular weight is 373 g/mol. The van der Waals surface area contributed by atoms with Crippen molar-refractivity contribution in [2.24, 2.45) is 0 Å². The Morgan fingerprint density at radius 1 is 1.08 bits per heavy atom. The fraction of sp³-hybridized carbons (Fsp3) is 0.316. The lowest BCUT2D eigenvalue weighted by Gasteiger charge is -2.09. The van der Waals surface area contributed by atoms with Gasteiger partial charge >= 0.3 is 5.69 Å². The zero-order chi connectivity index (χ0) is 18.7. The highest BCUT2D eigenvalue weighted by Gasteiger charge is 2.15. The molecule has 0 saturated heterocycles. The summed E-state index contributed by atoms with van der Waals surface area (Å²) in [5.74, 6) is 0.510. The van der Waals surface area contributed by atoms with Gasteiger partial charge in [0.15, 0.2) is 5.65 Å². The summed E-state index contributed by atoms with van der Waals surface area (Å²) < 4.78 is 2.84. The predicted octanol–water partition coefficient (Wildman–Crippen LogP) is 3.53. The predicted molar refractivity (Wildman–Crippen MR) is 106 cm³/mol. The Morgan fingerprint density at radius 2 is 1.77 bits per heavy atom. The van der Waals surface area contributed by atoms with E-state index >= 15 is 0 Å². The number of benzene rings is 1. The number of aromatic nitrogens is 4. The van der Waals surface area contributed by atoms with Crippen molar-refractivity contribution in [1.82, 2.24) is 19.1 Å². The minimum atomic E-state index is -0.330. The summed E-state index contributed by atoms with van der Waals surface area (Å²) in [6, 6.07) is 7.46. The van der Waals surface area contributed by atoms with Crippen LogP contribution in [0.2, 0.25) is 5.02 Å². The number of nitrogens with one attached hydrogen (secondary N) is 1. The van der Waals surface area contributed by atoms with Crippen molar-refractivity contribution in [3.05, 3.63) is 61.5 Å². The van der Waals surface area contributed by atoms with Crippen LogP contribution < -0.4 is 11.2 Å². The van der Waals surface area contributed by atoms with Crippen molar-refractivity contribution in [3.63, 3.8) is 0 Å². The number of fused-ring (bicyclic) bond motifs is 1. The Bertz CT molecular complexity index is 1080. The van der Waals surface area contributed by atoms with Crippen LogP contribution in [0.25, 0.3) is 23.3 Å². The van der Waals surface area contributed by atoms with E-state index in [1.54, 1.807) is 10.6 Å². The molecular formula is C19H21ClN4O2. The molecule has 0 aliphatic carbocycles. The normalized spacial score (nSPS) is 11.7. The second kappa shape index (κ2) is 7.74. The highest BCUT2D eigenvalue weighted by molar-refractivity contribution is 6.32. The third-order valence-corrected chi connectivity index (χ3v) is 4.44.